The molecule has 0 bridgehead atoms. The second-order valence-electron chi connectivity index (χ2n) is 8.02. The lowest BCUT2D eigenvalue weighted by Crippen LogP contribution is -2.45. The second kappa shape index (κ2) is 8.02. The zero-order valence-corrected chi connectivity index (χ0v) is 17.4. The Hall–Kier alpha value is -3.42. The number of hydrogen-bond acceptors (Lipinski definition) is 4. The van der Waals surface area contributed by atoms with Gasteiger partial charge in [0, 0.05) is 18.2 Å². The van der Waals surface area contributed by atoms with E-state index in [1.807, 2.05) is 0 Å². The number of amides is 4. The largest absolute Gasteiger partial charge is 0.497 e. The molecule has 0 unspecified atom stereocenters. The number of urea groups is 1. The minimum Gasteiger partial charge on any atom is -0.497 e. The van der Waals surface area contributed by atoms with Crippen LogP contribution in [0.15, 0.2) is 48.5 Å². The van der Waals surface area contributed by atoms with Crippen LogP contribution in [0.1, 0.15) is 30.9 Å². The van der Waals surface area contributed by atoms with E-state index in [2.05, 4.69) is 5.32 Å². The molecule has 0 spiro atoms. The maximum atomic E-state index is 14.1. The molecule has 1 aliphatic carbocycles. The molecule has 0 aromatic heterocycles. The summed E-state index contributed by atoms with van der Waals surface area (Å²) in [5.41, 5.74) is -0.283. The third kappa shape index (κ3) is 3.97. The summed E-state index contributed by atoms with van der Waals surface area (Å²) in [5, 5.41) is 2.70. The number of carbonyl (C=O) groups excluding carboxylic acids is 3. The SMILES string of the molecule is COc1ccc([C@]2(C)NC(=O)N(CC(=O)N(Cc3ccccc3F)C3CC3)C2=O)cc1. The van der Waals surface area contributed by atoms with E-state index in [1.165, 1.54) is 6.07 Å². The maximum absolute atomic E-state index is 14.1. The summed E-state index contributed by atoms with van der Waals surface area (Å²) < 4.78 is 19.2. The van der Waals surface area contributed by atoms with Gasteiger partial charge in [-0.3, -0.25) is 14.5 Å². The number of halogens is 1. The highest BCUT2D eigenvalue weighted by molar-refractivity contribution is 6.09. The van der Waals surface area contributed by atoms with Crippen molar-refractivity contribution in [2.45, 2.75) is 37.9 Å². The fourth-order valence-electron chi connectivity index (χ4n) is 3.80. The van der Waals surface area contributed by atoms with Crippen LogP contribution in [0, 0.1) is 5.82 Å². The van der Waals surface area contributed by atoms with Crippen molar-refractivity contribution in [3.63, 3.8) is 0 Å². The van der Waals surface area contributed by atoms with Crippen molar-refractivity contribution in [2.75, 3.05) is 13.7 Å². The highest BCUT2D eigenvalue weighted by Gasteiger charge is 2.50. The highest BCUT2D eigenvalue weighted by Crippen LogP contribution is 2.32. The molecule has 1 heterocycles. The van der Waals surface area contributed by atoms with Gasteiger partial charge in [0.05, 0.1) is 7.11 Å². The van der Waals surface area contributed by atoms with Crippen molar-refractivity contribution < 1.29 is 23.5 Å². The molecule has 7 nitrogen and oxygen atoms in total. The Balaban J connectivity index is 1.51. The summed E-state index contributed by atoms with van der Waals surface area (Å²) in [4.78, 5) is 41.2. The van der Waals surface area contributed by atoms with Gasteiger partial charge in [-0.25, -0.2) is 9.18 Å². The topological polar surface area (TPSA) is 79.0 Å². The van der Waals surface area contributed by atoms with Crippen LogP contribution in [0.25, 0.3) is 0 Å². The van der Waals surface area contributed by atoms with E-state index < -0.39 is 17.5 Å². The Kier molecular flexibility index (Phi) is 5.39. The Morgan fingerprint density at radius 3 is 2.48 bits per heavy atom. The molecular weight excluding hydrogens is 401 g/mol. The number of hydrogen-bond donors (Lipinski definition) is 1. The summed E-state index contributed by atoms with van der Waals surface area (Å²) in [5.74, 6) is -0.640. The third-order valence-corrected chi connectivity index (χ3v) is 5.84. The van der Waals surface area contributed by atoms with E-state index in [0.29, 0.717) is 16.9 Å². The van der Waals surface area contributed by atoms with Crippen molar-refractivity contribution in [1.82, 2.24) is 15.1 Å². The molecule has 1 aliphatic heterocycles. The monoisotopic (exact) mass is 425 g/mol. The third-order valence-electron chi connectivity index (χ3n) is 5.84. The molecule has 1 atom stereocenters. The van der Waals surface area contributed by atoms with Crippen LogP contribution in [-0.2, 0) is 21.7 Å². The van der Waals surface area contributed by atoms with Crippen molar-refractivity contribution in [3.8, 4) is 5.75 Å². The molecule has 8 heteroatoms. The van der Waals surface area contributed by atoms with Crippen LogP contribution in [0.5, 0.6) is 5.75 Å². The van der Waals surface area contributed by atoms with Crippen LogP contribution in [0.2, 0.25) is 0 Å². The summed E-state index contributed by atoms with van der Waals surface area (Å²) >= 11 is 0. The molecule has 1 saturated heterocycles. The average molecular weight is 425 g/mol. The van der Waals surface area contributed by atoms with Gasteiger partial charge in [0.1, 0.15) is 23.7 Å². The van der Waals surface area contributed by atoms with E-state index in [-0.39, 0.29) is 30.9 Å². The van der Waals surface area contributed by atoms with E-state index in [0.717, 1.165) is 17.7 Å². The number of ether oxygens (including phenoxy) is 1. The van der Waals surface area contributed by atoms with Crippen molar-refractivity contribution >= 4 is 17.8 Å². The number of benzene rings is 2. The molecule has 2 fully saturated rings. The standard InChI is InChI=1S/C23H24FN3O4/c1-23(16-7-11-18(31-2)12-8-16)21(29)27(22(30)25-23)14-20(28)26(17-9-10-17)13-15-5-3-4-6-19(15)24/h3-8,11-12,17H,9-10,13-14H2,1-2H3,(H,25,30)/t23-/m0/s1. The van der Waals surface area contributed by atoms with E-state index >= 15 is 0 Å². The molecule has 162 valence electrons. The van der Waals surface area contributed by atoms with E-state index in [1.54, 1.807) is 61.4 Å². The first kappa shape index (κ1) is 20.8. The van der Waals surface area contributed by atoms with Crippen LogP contribution >= 0.6 is 0 Å². The van der Waals surface area contributed by atoms with E-state index in [9.17, 15) is 18.8 Å². The predicted molar refractivity (Wildman–Crippen MR) is 111 cm³/mol. The van der Waals surface area contributed by atoms with Gasteiger partial charge >= 0.3 is 6.03 Å². The highest BCUT2D eigenvalue weighted by atomic mass is 19.1. The summed E-state index contributed by atoms with van der Waals surface area (Å²) in [6.07, 6.45) is 1.65. The summed E-state index contributed by atoms with van der Waals surface area (Å²) in [6, 6.07) is 12.5. The lowest BCUT2D eigenvalue weighted by Gasteiger charge is -2.26. The van der Waals surface area contributed by atoms with Gasteiger partial charge in [0.2, 0.25) is 5.91 Å². The Morgan fingerprint density at radius 1 is 1.19 bits per heavy atom. The number of nitrogens with one attached hydrogen (secondary N) is 1. The van der Waals surface area contributed by atoms with Crippen LogP contribution in [0.4, 0.5) is 9.18 Å². The molecule has 4 amide bonds. The minimum atomic E-state index is -1.28. The molecule has 1 saturated carbocycles. The maximum Gasteiger partial charge on any atom is 0.325 e. The first-order valence-corrected chi connectivity index (χ1v) is 10.1. The van der Waals surface area contributed by atoms with Gasteiger partial charge in [0.15, 0.2) is 0 Å². The molecule has 4 rings (SSSR count). The minimum absolute atomic E-state index is 0.000782. The fourth-order valence-corrected chi connectivity index (χ4v) is 3.80. The van der Waals surface area contributed by atoms with Crippen LogP contribution < -0.4 is 10.1 Å². The van der Waals surface area contributed by atoms with Gasteiger partial charge in [-0.2, -0.15) is 0 Å². The van der Waals surface area contributed by atoms with Gasteiger partial charge in [0.25, 0.3) is 5.91 Å². The van der Waals surface area contributed by atoms with E-state index in [4.69, 9.17) is 4.74 Å². The number of imide groups is 1. The van der Waals surface area contributed by atoms with Gasteiger partial charge < -0.3 is 15.0 Å². The Labute approximate surface area is 179 Å². The number of rotatable bonds is 7. The zero-order chi connectivity index (χ0) is 22.2. The molecule has 2 aromatic carbocycles. The van der Waals surface area contributed by atoms with Gasteiger partial charge in [-0.15, -0.1) is 0 Å². The lowest BCUT2D eigenvalue weighted by atomic mass is 9.92. The smallest absolute Gasteiger partial charge is 0.325 e. The Bertz CT molecular complexity index is 1020. The number of nitrogens with zero attached hydrogens (tertiary/aromatic N) is 2. The molecule has 2 aliphatic rings. The fraction of sp³-hybridized carbons (Fsp3) is 0.348. The zero-order valence-electron chi connectivity index (χ0n) is 17.4. The number of methoxy groups -OCH3 is 1. The molecule has 31 heavy (non-hydrogen) atoms. The van der Waals surface area contributed by atoms with Crippen molar-refractivity contribution in [3.05, 3.63) is 65.5 Å². The second-order valence-corrected chi connectivity index (χ2v) is 8.02. The van der Waals surface area contributed by atoms with Crippen LogP contribution in [-0.4, -0.2) is 47.3 Å². The summed E-state index contributed by atoms with van der Waals surface area (Å²) in [7, 11) is 1.54. The van der Waals surface area contributed by atoms with Gasteiger partial charge in [-0.1, -0.05) is 30.3 Å². The molecular formula is C23H24FN3O4. The van der Waals surface area contributed by atoms with Gasteiger partial charge in [-0.05, 0) is 43.5 Å². The normalized spacial score (nSPS) is 20.5. The predicted octanol–water partition coefficient (Wildman–Crippen LogP) is 2.79. The van der Waals surface area contributed by atoms with Crippen LogP contribution in [0.3, 0.4) is 0 Å². The molecule has 2 aromatic rings. The number of carbonyl (C=O) groups is 3. The first-order valence-electron chi connectivity index (χ1n) is 10.1. The van der Waals surface area contributed by atoms with Crippen molar-refractivity contribution in [2.24, 2.45) is 0 Å². The summed E-state index contributed by atoms with van der Waals surface area (Å²) in [6.45, 7) is 1.33. The first-order chi connectivity index (χ1) is 14.8. The lowest BCUT2D eigenvalue weighted by molar-refractivity contribution is -0.139. The Morgan fingerprint density at radius 2 is 1.87 bits per heavy atom. The van der Waals surface area contributed by atoms with Crippen molar-refractivity contribution in [1.29, 1.82) is 0 Å². The molecule has 1 N–H and O–H groups in total. The molecule has 0 radical (unpaired) electrons. The average Bonchev–Trinajstić information content (AvgIpc) is 3.58. The quantitative estimate of drug-likeness (QED) is 0.692.